The Morgan fingerprint density at radius 3 is 2.29 bits per heavy atom. The lowest BCUT2D eigenvalue weighted by Crippen LogP contribution is -2.27. The van der Waals surface area contributed by atoms with Crippen LogP contribution in [0.15, 0.2) is 36.9 Å². The Kier molecular flexibility index (Phi) is 6.97. The highest BCUT2D eigenvalue weighted by Gasteiger charge is 2.24. The fourth-order valence-corrected chi connectivity index (χ4v) is 5.65. The van der Waals surface area contributed by atoms with Gasteiger partial charge >= 0.3 is 0 Å². The zero-order valence-electron chi connectivity index (χ0n) is 23.0. The molecule has 3 aromatic heterocycles. The average molecular weight is 517 g/mol. The summed E-state index contributed by atoms with van der Waals surface area (Å²) in [6.07, 6.45) is 8.97. The van der Waals surface area contributed by atoms with Gasteiger partial charge in [0.05, 0.1) is 6.33 Å². The number of ether oxygens (including phenoxy) is 1. The first-order chi connectivity index (χ1) is 18.5. The molecule has 1 aromatic carbocycles. The smallest absolute Gasteiger partial charge is 0.170 e. The second-order valence-corrected chi connectivity index (χ2v) is 11.7. The molecule has 202 valence electrons. The van der Waals surface area contributed by atoms with Crippen molar-refractivity contribution < 1.29 is 4.74 Å². The Morgan fingerprint density at radius 2 is 1.55 bits per heavy atom. The summed E-state index contributed by atoms with van der Waals surface area (Å²) < 4.78 is 10.6. The van der Waals surface area contributed by atoms with Gasteiger partial charge in [-0.15, -0.1) is 0 Å². The maximum absolute atomic E-state index is 6.35. The Morgan fingerprint density at radius 1 is 0.842 bits per heavy atom. The standard InChI is InChI=1S/C29H40N8O/c1-29(2,3)33-28-24(22-10-4-5-11-23(22)38-19-18-35-14-8-9-15-35)32-27-25-26(31-21-37(27)28)36(20-30-25)17-16-34-12-6-7-13-34/h4-5,10-11,20-21,33H,6-9,12-19H2,1-3H3. The van der Waals surface area contributed by atoms with Crippen LogP contribution in [0.2, 0.25) is 0 Å². The molecule has 9 nitrogen and oxygen atoms in total. The average Bonchev–Trinajstić information content (AvgIpc) is 3.69. The van der Waals surface area contributed by atoms with Gasteiger partial charge in [-0.25, -0.2) is 15.0 Å². The van der Waals surface area contributed by atoms with Gasteiger partial charge in [-0.3, -0.25) is 9.30 Å². The van der Waals surface area contributed by atoms with Crippen molar-refractivity contribution in [2.75, 3.05) is 51.2 Å². The molecule has 0 unspecified atom stereocenters. The first-order valence-corrected chi connectivity index (χ1v) is 14.1. The monoisotopic (exact) mass is 516 g/mol. The van der Waals surface area contributed by atoms with Crippen LogP contribution in [0.5, 0.6) is 5.75 Å². The van der Waals surface area contributed by atoms with Crippen LogP contribution in [-0.4, -0.2) is 85.1 Å². The quantitative estimate of drug-likeness (QED) is 0.350. The molecular formula is C29H40N8O. The molecule has 0 radical (unpaired) electrons. The first-order valence-electron chi connectivity index (χ1n) is 14.1. The highest BCUT2D eigenvalue weighted by molar-refractivity contribution is 5.91. The van der Waals surface area contributed by atoms with Gasteiger partial charge in [0.15, 0.2) is 16.8 Å². The van der Waals surface area contributed by atoms with Gasteiger partial charge in [0.2, 0.25) is 0 Å². The van der Waals surface area contributed by atoms with E-state index in [0.717, 1.165) is 59.3 Å². The number of para-hydroxylation sites is 1. The molecule has 0 aliphatic carbocycles. The Hall–Kier alpha value is -3.17. The lowest BCUT2D eigenvalue weighted by Gasteiger charge is -2.23. The summed E-state index contributed by atoms with van der Waals surface area (Å²) in [6.45, 7) is 14.7. The van der Waals surface area contributed by atoms with Crippen LogP contribution >= 0.6 is 0 Å². The number of hydrogen-bond acceptors (Lipinski definition) is 7. The number of hydrogen-bond donors (Lipinski definition) is 1. The van der Waals surface area contributed by atoms with Crippen LogP contribution in [0.25, 0.3) is 28.1 Å². The third kappa shape index (κ3) is 5.22. The minimum atomic E-state index is -0.166. The Bertz CT molecular complexity index is 1390. The van der Waals surface area contributed by atoms with E-state index >= 15 is 0 Å². The fourth-order valence-electron chi connectivity index (χ4n) is 5.65. The summed E-state index contributed by atoms with van der Waals surface area (Å²) >= 11 is 0. The van der Waals surface area contributed by atoms with E-state index in [-0.39, 0.29) is 5.54 Å². The molecule has 5 heterocycles. The van der Waals surface area contributed by atoms with Crippen molar-refractivity contribution in [2.24, 2.45) is 0 Å². The van der Waals surface area contributed by atoms with Crippen molar-refractivity contribution >= 4 is 22.6 Å². The van der Waals surface area contributed by atoms with Gasteiger partial charge in [0.25, 0.3) is 0 Å². The topological polar surface area (TPSA) is 75.8 Å². The largest absolute Gasteiger partial charge is 0.492 e. The Balaban J connectivity index is 1.36. The zero-order chi connectivity index (χ0) is 26.1. The van der Waals surface area contributed by atoms with Crippen LogP contribution in [0.3, 0.4) is 0 Å². The summed E-state index contributed by atoms with van der Waals surface area (Å²) in [6, 6.07) is 8.22. The van der Waals surface area contributed by atoms with E-state index < -0.39 is 0 Å². The molecule has 2 fully saturated rings. The van der Waals surface area contributed by atoms with Crippen LogP contribution < -0.4 is 10.1 Å². The van der Waals surface area contributed by atoms with Gasteiger partial charge in [0.1, 0.15) is 30.2 Å². The fraction of sp³-hybridized carbons (Fsp3) is 0.552. The third-order valence-electron chi connectivity index (χ3n) is 7.58. The van der Waals surface area contributed by atoms with Crippen molar-refractivity contribution in [3.8, 4) is 17.0 Å². The van der Waals surface area contributed by atoms with Crippen molar-refractivity contribution in [2.45, 2.75) is 58.5 Å². The molecule has 0 saturated carbocycles. The molecule has 0 atom stereocenters. The maximum Gasteiger partial charge on any atom is 0.170 e. The van der Waals surface area contributed by atoms with Gasteiger partial charge in [0, 0.05) is 30.7 Å². The molecule has 2 aliphatic rings. The lowest BCUT2D eigenvalue weighted by atomic mass is 10.1. The minimum Gasteiger partial charge on any atom is -0.492 e. The molecule has 2 saturated heterocycles. The van der Waals surface area contributed by atoms with Crippen molar-refractivity contribution in [1.82, 2.24) is 33.7 Å². The summed E-state index contributed by atoms with van der Waals surface area (Å²) in [5.74, 6) is 1.76. The summed E-state index contributed by atoms with van der Waals surface area (Å²) in [7, 11) is 0. The highest BCUT2D eigenvalue weighted by atomic mass is 16.5. The predicted molar refractivity (Wildman–Crippen MR) is 152 cm³/mol. The summed E-state index contributed by atoms with van der Waals surface area (Å²) in [5, 5.41) is 3.69. The number of imidazole rings is 2. The number of nitrogens with one attached hydrogen (secondary N) is 1. The number of rotatable bonds is 9. The molecule has 0 amide bonds. The summed E-state index contributed by atoms with van der Waals surface area (Å²) in [5.41, 5.74) is 4.18. The number of nitrogens with zero attached hydrogens (tertiary/aromatic N) is 7. The minimum absolute atomic E-state index is 0.166. The number of benzene rings is 1. The second-order valence-electron chi connectivity index (χ2n) is 11.7. The van der Waals surface area contributed by atoms with E-state index in [9.17, 15) is 0 Å². The highest BCUT2D eigenvalue weighted by Crippen LogP contribution is 2.37. The molecule has 0 bridgehead atoms. The molecule has 4 aromatic rings. The number of anilines is 1. The van der Waals surface area contributed by atoms with Gasteiger partial charge in [-0.05, 0) is 84.8 Å². The van der Waals surface area contributed by atoms with E-state index in [0.29, 0.717) is 6.61 Å². The van der Waals surface area contributed by atoms with Crippen LogP contribution in [0, 0.1) is 0 Å². The van der Waals surface area contributed by atoms with Crippen LogP contribution in [0.4, 0.5) is 5.82 Å². The van der Waals surface area contributed by atoms with Crippen molar-refractivity contribution in [3.63, 3.8) is 0 Å². The summed E-state index contributed by atoms with van der Waals surface area (Å²) in [4.78, 5) is 19.8. The first kappa shape index (κ1) is 25.1. The SMILES string of the molecule is CC(C)(C)Nc1c(-c2ccccc2OCCN2CCCC2)nc2c3ncn(CCN4CCCC4)c3ncn12. The zero-order valence-corrected chi connectivity index (χ0v) is 23.0. The van der Waals surface area contributed by atoms with Gasteiger partial charge in [-0.1, -0.05) is 12.1 Å². The van der Waals surface area contributed by atoms with E-state index in [4.69, 9.17) is 19.7 Å². The molecule has 2 aliphatic heterocycles. The van der Waals surface area contributed by atoms with Crippen LogP contribution in [0.1, 0.15) is 46.5 Å². The van der Waals surface area contributed by atoms with Crippen LogP contribution in [-0.2, 0) is 6.54 Å². The van der Waals surface area contributed by atoms with Gasteiger partial charge < -0.3 is 19.5 Å². The van der Waals surface area contributed by atoms with E-state index in [2.05, 4.69) is 52.6 Å². The maximum atomic E-state index is 6.35. The molecule has 38 heavy (non-hydrogen) atoms. The Labute approximate surface area is 224 Å². The van der Waals surface area contributed by atoms with Crippen molar-refractivity contribution in [1.29, 1.82) is 0 Å². The van der Waals surface area contributed by atoms with Gasteiger partial charge in [-0.2, -0.15) is 0 Å². The van der Waals surface area contributed by atoms with Crippen molar-refractivity contribution in [3.05, 3.63) is 36.9 Å². The molecule has 0 spiro atoms. The third-order valence-corrected chi connectivity index (χ3v) is 7.58. The predicted octanol–water partition coefficient (Wildman–Crippen LogP) is 4.53. The van der Waals surface area contributed by atoms with E-state index in [1.54, 1.807) is 0 Å². The molecule has 9 heteroatoms. The number of likely N-dealkylation sites (tertiary alicyclic amines) is 2. The van der Waals surface area contributed by atoms with E-state index in [1.165, 1.54) is 51.9 Å². The lowest BCUT2D eigenvalue weighted by molar-refractivity contribution is 0.238. The van der Waals surface area contributed by atoms with E-state index in [1.807, 2.05) is 29.2 Å². The molecule has 6 rings (SSSR count). The molecule has 1 N–H and O–H groups in total. The molecular weight excluding hydrogens is 476 g/mol. The number of aromatic nitrogens is 5. The normalized spacial score (nSPS) is 17.2. The number of fused-ring (bicyclic) bond motifs is 3. The second kappa shape index (κ2) is 10.5.